The topological polar surface area (TPSA) is 108 Å². The maximum Gasteiger partial charge on any atom is 0.271 e. The predicted molar refractivity (Wildman–Crippen MR) is 106 cm³/mol. The largest absolute Gasteiger partial charge is 0.379 e. The van der Waals surface area contributed by atoms with Crippen LogP contribution in [0.25, 0.3) is 0 Å². The number of hydrogen-bond acceptors (Lipinski definition) is 7. The molecule has 2 heterocycles. The van der Waals surface area contributed by atoms with E-state index in [-0.39, 0.29) is 17.5 Å². The van der Waals surface area contributed by atoms with Crippen molar-refractivity contribution in [2.75, 3.05) is 50.0 Å². The molecule has 0 saturated carbocycles. The highest BCUT2D eigenvalue weighted by Gasteiger charge is 2.12. The highest BCUT2D eigenvalue weighted by molar-refractivity contribution is 5.92. The monoisotopic (exact) mass is 384 g/mol. The molecule has 3 rings (SSSR count). The molecule has 1 aliphatic heterocycles. The lowest BCUT2D eigenvalue weighted by molar-refractivity contribution is -0.114. The SMILES string of the molecule is CC(=O)Nc1ccc(Nc2cnc(C(=O)NCCN3CCOCC3)cn2)cc1. The standard InChI is InChI=1S/C19H24N6O3/c1-14(26)23-15-2-4-16(5-3-15)24-18-13-21-17(12-22-18)19(27)20-6-7-25-8-10-28-11-9-25/h2-5,12-13H,6-11H2,1H3,(H,20,27)(H,22,24)(H,23,26). The van der Waals surface area contributed by atoms with Crippen LogP contribution in [0.3, 0.4) is 0 Å². The molecule has 1 aromatic carbocycles. The van der Waals surface area contributed by atoms with E-state index >= 15 is 0 Å². The fourth-order valence-electron chi connectivity index (χ4n) is 2.74. The first kappa shape index (κ1) is 19.7. The molecule has 2 amide bonds. The number of carbonyl (C=O) groups excluding carboxylic acids is 2. The molecule has 28 heavy (non-hydrogen) atoms. The Morgan fingerprint density at radius 1 is 1.07 bits per heavy atom. The van der Waals surface area contributed by atoms with Gasteiger partial charge in [0.2, 0.25) is 5.91 Å². The van der Waals surface area contributed by atoms with Crippen molar-refractivity contribution in [3.05, 3.63) is 42.4 Å². The van der Waals surface area contributed by atoms with Crippen molar-refractivity contribution in [3.63, 3.8) is 0 Å². The molecule has 9 heteroatoms. The summed E-state index contributed by atoms with van der Waals surface area (Å²) in [7, 11) is 0. The number of aromatic nitrogens is 2. The number of carbonyl (C=O) groups is 2. The Morgan fingerprint density at radius 2 is 1.79 bits per heavy atom. The fourth-order valence-corrected chi connectivity index (χ4v) is 2.74. The first-order valence-electron chi connectivity index (χ1n) is 9.15. The summed E-state index contributed by atoms with van der Waals surface area (Å²) >= 11 is 0. The third kappa shape index (κ3) is 6.00. The second-order valence-electron chi connectivity index (χ2n) is 6.38. The van der Waals surface area contributed by atoms with Crippen molar-refractivity contribution in [2.45, 2.75) is 6.92 Å². The van der Waals surface area contributed by atoms with Gasteiger partial charge in [-0.25, -0.2) is 9.97 Å². The molecule has 0 aliphatic carbocycles. The summed E-state index contributed by atoms with van der Waals surface area (Å²) in [5.74, 6) is 0.162. The zero-order valence-electron chi connectivity index (χ0n) is 15.8. The van der Waals surface area contributed by atoms with Gasteiger partial charge in [0.1, 0.15) is 11.5 Å². The number of nitrogens with one attached hydrogen (secondary N) is 3. The molecular formula is C19H24N6O3. The number of benzene rings is 1. The molecule has 2 aromatic rings. The molecule has 0 atom stereocenters. The van der Waals surface area contributed by atoms with E-state index in [2.05, 4.69) is 30.8 Å². The van der Waals surface area contributed by atoms with Crippen molar-refractivity contribution in [2.24, 2.45) is 0 Å². The smallest absolute Gasteiger partial charge is 0.271 e. The van der Waals surface area contributed by atoms with E-state index in [1.807, 2.05) is 12.1 Å². The minimum atomic E-state index is -0.244. The number of nitrogens with zero attached hydrogens (tertiary/aromatic N) is 3. The number of morpholine rings is 1. The fraction of sp³-hybridized carbons (Fsp3) is 0.368. The summed E-state index contributed by atoms with van der Waals surface area (Å²) in [6, 6.07) is 7.21. The Labute approximate surface area is 163 Å². The van der Waals surface area contributed by atoms with Crippen LogP contribution in [-0.2, 0) is 9.53 Å². The Morgan fingerprint density at radius 3 is 2.43 bits per heavy atom. The summed E-state index contributed by atoms with van der Waals surface area (Å²) in [6.07, 6.45) is 2.96. The zero-order chi connectivity index (χ0) is 19.8. The molecule has 0 spiro atoms. The second kappa shape index (κ2) is 9.77. The third-order valence-corrected chi connectivity index (χ3v) is 4.18. The van der Waals surface area contributed by atoms with Gasteiger partial charge < -0.3 is 20.7 Å². The molecule has 0 unspecified atom stereocenters. The Bertz CT molecular complexity index is 788. The summed E-state index contributed by atoms with van der Waals surface area (Å²) in [5, 5.41) is 8.66. The van der Waals surface area contributed by atoms with E-state index in [0.29, 0.717) is 18.1 Å². The molecule has 1 aliphatic rings. The van der Waals surface area contributed by atoms with Crippen molar-refractivity contribution in [1.82, 2.24) is 20.2 Å². The van der Waals surface area contributed by atoms with Crippen LogP contribution in [0.2, 0.25) is 0 Å². The van der Waals surface area contributed by atoms with E-state index in [4.69, 9.17) is 4.74 Å². The Hall–Kier alpha value is -3.04. The van der Waals surface area contributed by atoms with Gasteiger partial charge in [-0.15, -0.1) is 0 Å². The highest BCUT2D eigenvalue weighted by atomic mass is 16.5. The summed E-state index contributed by atoms with van der Waals surface area (Å²) in [4.78, 5) is 33.9. The lowest BCUT2D eigenvalue weighted by atomic mass is 10.2. The van der Waals surface area contributed by atoms with Crippen LogP contribution in [0.5, 0.6) is 0 Å². The number of anilines is 3. The lowest BCUT2D eigenvalue weighted by Gasteiger charge is -2.26. The molecule has 3 N–H and O–H groups in total. The number of amides is 2. The average Bonchev–Trinajstić information content (AvgIpc) is 2.70. The molecule has 0 bridgehead atoms. The predicted octanol–water partition coefficient (Wildman–Crippen LogP) is 1.24. The molecular weight excluding hydrogens is 360 g/mol. The van der Waals surface area contributed by atoms with Gasteiger partial charge >= 0.3 is 0 Å². The van der Waals surface area contributed by atoms with Gasteiger partial charge in [0.05, 0.1) is 25.6 Å². The summed E-state index contributed by atoms with van der Waals surface area (Å²) in [5.41, 5.74) is 1.79. The third-order valence-electron chi connectivity index (χ3n) is 4.18. The molecule has 1 aromatic heterocycles. The van der Waals surface area contributed by atoms with E-state index < -0.39 is 0 Å². The normalized spacial score (nSPS) is 14.3. The van der Waals surface area contributed by atoms with Crippen LogP contribution in [0, 0.1) is 0 Å². The molecule has 1 saturated heterocycles. The van der Waals surface area contributed by atoms with Gasteiger partial charge in [-0.05, 0) is 24.3 Å². The maximum atomic E-state index is 12.2. The zero-order valence-corrected chi connectivity index (χ0v) is 15.8. The quantitative estimate of drug-likeness (QED) is 0.659. The van der Waals surface area contributed by atoms with Crippen LogP contribution in [0.1, 0.15) is 17.4 Å². The molecule has 1 fully saturated rings. The summed E-state index contributed by atoms with van der Waals surface area (Å²) in [6.45, 7) is 6.07. The average molecular weight is 384 g/mol. The Kier molecular flexibility index (Phi) is 6.88. The molecule has 148 valence electrons. The van der Waals surface area contributed by atoms with Gasteiger partial charge in [-0.1, -0.05) is 0 Å². The Balaban J connectivity index is 1.47. The molecule has 9 nitrogen and oxygen atoms in total. The van der Waals surface area contributed by atoms with Crippen LogP contribution < -0.4 is 16.0 Å². The van der Waals surface area contributed by atoms with E-state index in [9.17, 15) is 9.59 Å². The van der Waals surface area contributed by atoms with Crippen LogP contribution in [0.15, 0.2) is 36.7 Å². The number of hydrogen-bond donors (Lipinski definition) is 3. The van der Waals surface area contributed by atoms with E-state index in [1.165, 1.54) is 19.3 Å². The first-order valence-corrected chi connectivity index (χ1v) is 9.15. The first-order chi connectivity index (χ1) is 13.6. The van der Waals surface area contributed by atoms with Crippen LogP contribution >= 0.6 is 0 Å². The number of rotatable bonds is 7. The summed E-state index contributed by atoms with van der Waals surface area (Å²) < 4.78 is 5.30. The number of ether oxygens (including phenoxy) is 1. The van der Waals surface area contributed by atoms with Crippen LogP contribution in [0.4, 0.5) is 17.2 Å². The van der Waals surface area contributed by atoms with Gasteiger partial charge in [-0.3, -0.25) is 14.5 Å². The van der Waals surface area contributed by atoms with Crippen molar-refractivity contribution >= 4 is 29.0 Å². The van der Waals surface area contributed by atoms with Gasteiger partial charge in [0, 0.05) is 44.5 Å². The second-order valence-corrected chi connectivity index (χ2v) is 6.38. The van der Waals surface area contributed by atoms with Crippen LogP contribution in [-0.4, -0.2) is 66.1 Å². The molecule has 0 radical (unpaired) electrons. The van der Waals surface area contributed by atoms with Gasteiger partial charge in [-0.2, -0.15) is 0 Å². The van der Waals surface area contributed by atoms with Gasteiger partial charge in [0.15, 0.2) is 0 Å². The highest BCUT2D eigenvalue weighted by Crippen LogP contribution is 2.17. The minimum absolute atomic E-state index is 0.120. The van der Waals surface area contributed by atoms with Crippen molar-refractivity contribution < 1.29 is 14.3 Å². The van der Waals surface area contributed by atoms with E-state index in [0.717, 1.165) is 38.5 Å². The maximum absolute atomic E-state index is 12.2. The van der Waals surface area contributed by atoms with Crippen molar-refractivity contribution in [1.29, 1.82) is 0 Å². The minimum Gasteiger partial charge on any atom is -0.379 e. The van der Waals surface area contributed by atoms with Crippen molar-refractivity contribution in [3.8, 4) is 0 Å². The lowest BCUT2D eigenvalue weighted by Crippen LogP contribution is -2.41. The van der Waals surface area contributed by atoms with Gasteiger partial charge in [0.25, 0.3) is 5.91 Å². The van der Waals surface area contributed by atoms with E-state index in [1.54, 1.807) is 12.1 Å².